The summed E-state index contributed by atoms with van der Waals surface area (Å²) in [6.07, 6.45) is 5.19. The van der Waals surface area contributed by atoms with E-state index in [0.29, 0.717) is 6.42 Å². The van der Waals surface area contributed by atoms with Crippen LogP contribution in [0, 0.1) is 0 Å². The van der Waals surface area contributed by atoms with Crippen molar-refractivity contribution in [2.75, 3.05) is 19.8 Å². The SMILES string of the molecule is O=C1CC2(CCC=C3CNCN32)CN1. The van der Waals surface area contributed by atoms with Gasteiger partial charge in [0.2, 0.25) is 5.91 Å². The number of nitrogens with one attached hydrogen (secondary N) is 2. The number of hydrogen-bond donors (Lipinski definition) is 2. The van der Waals surface area contributed by atoms with Crippen molar-refractivity contribution in [1.82, 2.24) is 15.5 Å². The Morgan fingerprint density at radius 2 is 2.43 bits per heavy atom. The normalized spacial score (nSPS) is 35.9. The van der Waals surface area contributed by atoms with Crippen molar-refractivity contribution in [3.8, 4) is 0 Å². The maximum absolute atomic E-state index is 11.3. The standard InChI is InChI=1S/C10H15N3O/c14-9-4-10(6-12-9)3-1-2-8-5-11-7-13(8)10/h2,11H,1,3-7H2,(H,12,14). The van der Waals surface area contributed by atoms with E-state index in [-0.39, 0.29) is 11.4 Å². The molecule has 76 valence electrons. The summed E-state index contributed by atoms with van der Waals surface area (Å²) in [5, 5.41) is 6.31. The van der Waals surface area contributed by atoms with Crippen LogP contribution in [0.5, 0.6) is 0 Å². The van der Waals surface area contributed by atoms with E-state index in [1.807, 2.05) is 0 Å². The van der Waals surface area contributed by atoms with Crippen LogP contribution in [-0.2, 0) is 4.79 Å². The first-order valence-corrected chi connectivity index (χ1v) is 5.24. The molecule has 3 rings (SSSR count). The van der Waals surface area contributed by atoms with Crippen molar-refractivity contribution in [3.05, 3.63) is 11.8 Å². The summed E-state index contributed by atoms with van der Waals surface area (Å²) < 4.78 is 0. The van der Waals surface area contributed by atoms with Gasteiger partial charge >= 0.3 is 0 Å². The van der Waals surface area contributed by atoms with Crippen LogP contribution >= 0.6 is 0 Å². The predicted octanol–water partition coefficient (Wildman–Crippen LogP) is -0.215. The fraction of sp³-hybridized carbons (Fsp3) is 0.700. The minimum atomic E-state index is 0.0880. The molecule has 0 radical (unpaired) electrons. The van der Waals surface area contributed by atoms with Crippen LogP contribution in [0.3, 0.4) is 0 Å². The van der Waals surface area contributed by atoms with Crippen LogP contribution in [-0.4, -0.2) is 36.1 Å². The minimum Gasteiger partial charge on any atom is -0.354 e. The molecule has 0 aromatic rings. The number of allylic oxidation sites excluding steroid dienone is 1. The lowest BCUT2D eigenvalue weighted by molar-refractivity contribution is -0.119. The van der Waals surface area contributed by atoms with E-state index in [2.05, 4.69) is 21.6 Å². The molecular weight excluding hydrogens is 178 g/mol. The van der Waals surface area contributed by atoms with E-state index < -0.39 is 0 Å². The smallest absolute Gasteiger partial charge is 0.222 e. The Kier molecular flexibility index (Phi) is 1.62. The van der Waals surface area contributed by atoms with Gasteiger partial charge in [-0.3, -0.25) is 10.1 Å². The number of carbonyl (C=O) groups excluding carboxylic acids is 1. The molecule has 1 amide bonds. The van der Waals surface area contributed by atoms with Gasteiger partial charge in [-0.25, -0.2) is 0 Å². The van der Waals surface area contributed by atoms with Gasteiger partial charge in [0, 0.05) is 18.8 Å². The van der Waals surface area contributed by atoms with Gasteiger partial charge in [-0.05, 0) is 12.8 Å². The maximum atomic E-state index is 11.3. The quantitative estimate of drug-likeness (QED) is 0.559. The lowest BCUT2D eigenvalue weighted by Crippen LogP contribution is -2.50. The van der Waals surface area contributed by atoms with Crippen LogP contribution in [0.1, 0.15) is 19.3 Å². The summed E-state index contributed by atoms with van der Waals surface area (Å²) in [6, 6.07) is 0. The molecule has 0 bridgehead atoms. The zero-order chi connectivity index (χ0) is 9.60. The van der Waals surface area contributed by atoms with Gasteiger partial charge in [0.25, 0.3) is 0 Å². The topological polar surface area (TPSA) is 44.4 Å². The molecule has 4 heteroatoms. The fourth-order valence-corrected chi connectivity index (χ4v) is 2.84. The van der Waals surface area contributed by atoms with Gasteiger partial charge in [0.15, 0.2) is 0 Å². The van der Waals surface area contributed by atoms with Crippen molar-refractivity contribution >= 4 is 5.91 Å². The molecule has 0 aromatic carbocycles. The molecule has 3 aliphatic rings. The van der Waals surface area contributed by atoms with Crippen LogP contribution in [0.4, 0.5) is 0 Å². The second kappa shape index (κ2) is 2.73. The van der Waals surface area contributed by atoms with Crippen molar-refractivity contribution in [1.29, 1.82) is 0 Å². The van der Waals surface area contributed by atoms with Crippen LogP contribution in [0.15, 0.2) is 11.8 Å². The largest absolute Gasteiger partial charge is 0.354 e. The van der Waals surface area contributed by atoms with E-state index in [4.69, 9.17) is 0 Å². The van der Waals surface area contributed by atoms with E-state index in [1.165, 1.54) is 5.70 Å². The van der Waals surface area contributed by atoms with Crippen molar-refractivity contribution < 1.29 is 4.79 Å². The molecular formula is C10H15N3O. The van der Waals surface area contributed by atoms with E-state index >= 15 is 0 Å². The van der Waals surface area contributed by atoms with Crippen LogP contribution in [0.25, 0.3) is 0 Å². The first-order valence-electron chi connectivity index (χ1n) is 5.24. The summed E-state index contributed by atoms with van der Waals surface area (Å²) in [4.78, 5) is 13.7. The average Bonchev–Trinajstić information content (AvgIpc) is 2.75. The lowest BCUT2D eigenvalue weighted by Gasteiger charge is -2.41. The Bertz CT molecular complexity index is 312. The molecule has 3 aliphatic heterocycles. The van der Waals surface area contributed by atoms with Gasteiger partial charge < -0.3 is 10.2 Å². The molecule has 14 heavy (non-hydrogen) atoms. The molecule has 2 fully saturated rings. The zero-order valence-electron chi connectivity index (χ0n) is 8.18. The van der Waals surface area contributed by atoms with Crippen molar-refractivity contribution in [2.45, 2.75) is 24.8 Å². The monoisotopic (exact) mass is 193 g/mol. The second-order valence-corrected chi connectivity index (χ2v) is 4.42. The highest BCUT2D eigenvalue weighted by molar-refractivity contribution is 5.80. The number of fused-ring (bicyclic) bond motifs is 2. The van der Waals surface area contributed by atoms with Crippen molar-refractivity contribution in [3.63, 3.8) is 0 Å². The highest BCUT2D eigenvalue weighted by atomic mass is 16.2. The summed E-state index contributed by atoms with van der Waals surface area (Å²) in [6.45, 7) is 2.70. The van der Waals surface area contributed by atoms with Crippen LogP contribution < -0.4 is 10.6 Å². The van der Waals surface area contributed by atoms with Gasteiger partial charge in [0.05, 0.1) is 18.6 Å². The number of nitrogens with zero attached hydrogens (tertiary/aromatic N) is 1. The van der Waals surface area contributed by atoms with Crippen molar-refractivity contribution in [2.24, 2.45) is 0 Å². The number of carbonyl (C=O) groups is 1. The number of amides is 1. The lowest BCUT2D eigenvalue weighted by atomic mass is 9.87. The Labute approximate surface area is 83.3 Å². The minimum absolute atomic E-state index is 0.0880. The van der Waals surface area contributed by atoms with E-state index in [9.17, 15) is 4.79 Å². The van der Waals surface area contributed by atoms with Crippen LogP contribution in [0.2, 0.25) is 0 Å². The number of rotatable bonds is 0. The molecule has 1 atom stereocenters. The Morgan fingerprint density at radius 1 is 1.50 bits per heavy atom. The van der Waals surface area contributed by atoms with Gasteiger partial charge in [-0.15, -0.1) is 0 Å². The van der Waals surface area contributed by atoms with Gasteiger partial charge in [-0.2, -0.15) is 0 Å². The maximum Gasteiger partial charge on any atom is 0.222 e. The second-order valence-electron chi connectivity index (χ2n) is 4.42. The Hall–Kier alpha value is -1.03. The highest BCUT2D eigenvalue weighted by Crippen LogP contribution is 2.36. The molecule has 1 unspecified atom stereocenters. The Balaban J connectivity index is 1.93. The molecule has 3 heterocycles. The van der Waals surface area contributed by atoms with E-state index in [1.54, 1.807) is 0 Å². The summed E-state index contributed by atoms with van der Waals surface area (Å²) in [5.74, 6) is 0.207. The predicted molar refractivity (Wildman–Crippen MR) is 52.4 cm³/mol. The summed E-state index contributed by atoms with van der Waals surface area (Å²) in [5.41, 5.74) is 1.47. The summed E-state index contributed by atoms with van der Waals surface area (Å²) in [7, 11) is 0. The number of hydrogen-bond acceptors (Lipinski definition) is 3. The molecule has 0 aliphatic carbocycles. The summed E-state index contributed by atoms with van der Waals surface area (Å²) >= 11 is 0. The molecule has 1 spiro atoms. The highest BCUT2D eigenvalue weighted by Gasteiger charge is 2.46. The first kappa shape index (κ1) is 8.29. The molecule has 4 nitrogen and oxygen atoms in total. The van der Waals surface area contributed by atoms with Gasteiger partial charge in [-0.1, -0.05) is 6.08 Å². The third-order valence-corrected chi connectivity index (χ3v) is 3.59. The average molecular weight is 193 g/mol. The first-order chi connectivity index (χ1) is 6.80. The third kappa shape index (κ3) is 1.00. The molecule has 2 N–H and O–H groups in total. The fourth-order valence-electron chi connectivity index (χ4n) is 2.84. The molecule has 2 saturated heterocycles. The molecule has 0 saturated carbocycles. The molecule has 0 aromatic heterocycles. The zero-order valence-corrected chi connectivity index (χ0v) is 8.18. The van der Waals surface area contributed by atoms with Gasteiger partial charge in [0.1, 0.15) is 0 Å². The van der Waals surface area contributed by atoms with E-state index in [0.717, 1.165) is 32.6 Å². The Morgan fingerprint density at radius 3 is 3.21 bits per heavy atom. The third-order valence-electron chi connectivity index (χ3n) is 3.59.